The molecule has 0 radical (unpaired) electrons. The maximum atomic E-state index is 12.7. The number of esters is 1. The lowest BCUT2D eigenvalue weighted by Gasteiger charge is -2.25. The van der Waals surface area contributed by atoms with Crippen LogP contribution >= 0.6 is 23.7 Å². The Hall–Kier alpha value is -1.89. The van der Waals surface area contributed by atoms with Crippen LogP contribution in [0.5, 0.6) is 0 Å². The fourth-order valence-corrected chi connectivity index (χ4v) is 4.47. The van der Waals surface area contributed by atoms with E-state index in [4.69, 9.17) is 4.74 Å². The topological polar surface area (TPSA) is 58.6 Å². The molecule has 1 aromatic heterocycles. The molecule has 1 N–H and O–H groups in total. The number of anilines is 1. The van der Waals surface area contributed by atoms with Crippen molar-refractivity contribution in [1.29, 1.82) is 0 Å². The number of rotatable bonds is 5. The molecule has 5 nitrogen and oxygen atoms in total. The van der Waals surface area contributed by atoms with Crippen molar-refractivity contribution in [2.45, 2.75) is 33.7 Å². The van der Waals surface area contributed by atoms with E-state index >= 15 is 0 Å². The molecular weight excluding hydrogens is 384 g/mol. The summed E-state index contributed by atoms with van der Waals surface area (Å²) in [5.41, 5.74) is 3.16. The molecule has 0 fully saturated rings. The third-order valence-electron chi connectivity index (χ3n) is 4.57. The average Bonchev–Trinajstić information content (AvgIpc) is 2.98. The molecule has 7 heteroatoms. The van der Waals surface area contributed by atoms with Crippen LogP contribution in [0, 0.1) is 6.92 Å². The second-order valence-electron chi connectivity index (χ2n) is 6.37. The molecule has 2 aromatic rings. The van der Waals surface area contributed by atoms with Gasteiger partial charge in [-0.1, -0.05) is 24.6 Å². The number of aryl methyl sites for hydroxylation is 1. The molecule has 0 atom stereocenters. The van der Waals surface area contributed by atoms with Crippen LogP contribution in [0.25, 0.3) is 0 Å². The number of benzene rings is 1. The van der Waals surface area contributed by atoms with Gasteiger partial charge in [0, 0.05) is 23.5 Å². The summed E-state index contributed by atoms with van der Waals surface area (Å²) in [5.74, 6) is -0.556. The summed E-state index contributed by atoms with van der Waals surface area (Å²) in [6.07, 6.45) is 0.800. The molecule has 0 bridgehead atoms. The normalized spacial score (nSPS) is 13.4. The van der Waals surface area contributed by atoms with E-state index in [1.54, 1.807) is 13.0 Å². The second-order valence-corrected chi connectivity index (χ2v) is 7.48. The van der Waals surface area contributed by atoms with Crippen LogP contribution in [-0.2, 0) is 17.7 Å². The zero-order valence-electron chi connectivity index (χ0n) is 15.8. The first-order valence-corrected chi connectivity index (χ1v) is 9.77. The Morgan fingerprint density at radius 2 is 2.07 bits per heavy atom. The Bertz CT molecular complexity index is 835. The molecule has 1 aromatic carbocycles. The van der Waals surface area contributed by atoms with Crippen LogP contribution in [0.1, 0.15) is 50.6 Å². The summed E-state index contributed by atoms with van der Waals surface area (Å²) in [7, 11) is 0. The first-order valence-electron chi connectivity index (χ1n) is 8.95. The van der Waals surface area contributed by atoms with Gasteiger partial charge in [-0.25, -0.2) is 4.79 Å². The average molecular weight is 409 g/mol. The predicted molar refractivity (Wildman–Crippen MR) is 111 cm³/mol. The van der Waals surface area contributed by atoms with Gasteiger partial charge in [0.25, 0.3) is 5.91 Å². The fourth-order valence-electron chi connectivity index (χ4n) is 3.20. The van der Waals surface area contributed by atoms with E-state index in [0.29, 0.717) is 22.7 Å². The highest BCUT2D eigenvalue weighted by Gasteiger charge is 2.29. The Labute approximate surface area is 170 Å². The number of hydrogen-bond donors (Lipinski definition) is 1. The standard InChI is InChI=1S/C20H24N2O3S.ClH/c1-4-22-10-9-15-16(12-22)26-19(17(15)20(24)25-5-2)21-18(23)14-8-6-7-13(3)11-14;/h6-8,11H,4-5,9-10,12H2,1-3H3,(H,21,23);1H. The van der Waals surface area contributed by atoms with Crippen LogP contribution in [0.15, 0.2) is 24.3 Å². The van der Waals surface area contributed by atoms with Crippen LogP contribution in [-0.4, -0.2) is 36.5 Å². The van der Waals surface area contributed by atoms with Gasteiger partial charge in [0.2, 0.25) is 0 Å². The minimum Gasteiger partial charge on any atom is -0.462 e. The minimum atomic E-state index is -0.352. The molecule has 0 unspecified atom stereocenters. The van der Waals surface area contributed by atoms with E-state index in [9.17, 15) is 9.59 Å². The van der Waals surface area contributed by atoms with E-state index in [-0.39, 0.29) is 24.3 Å². The van der Waals surface area contributed by atoms with Crippen LogP contribution in [0.2, 0.25) is 0 Å². The van der Waals surface area contributed by atoms with Gasteiger partial charge < -0.3 is 10.1 Å². The number of fused-ring (bicyclic) bond motifs is 1. The van der Waals surface area contributed by atoms with Crippen molar-refractivity contribution in [3.8, 4) is 0 Å². The number of nitrogens with zero attached hydrogens (tertiary/aromatic N) is 1. The number of halogens is 1. The molecule has 1 aliphatic rings. The van der Waals surface area contributed by atoms with Crippen LogP contribution in [0.4, 0.5) is 5.00 Å². The van der Waals surface area contributed by atoms with Gasteiger partial charge in [0.1, 0.15) is 5.00 Å². The van der Waals surface area contributed by atoms with E-state index in [2.05, 4.69) is 17.1 Å². The lowest BCUT2D eigenvalue weighted by atomic mass is 10.0. The number of hydrogen-bond acceptors (Lipinski definition) is 5. The van der Waals surface area contributed by atoms with E-state index in [1.165, 1.54) is 11.3 Å². The molecule has 146 valence electrons. The van der Waals surface area contributed by atoms with E-state index < -0.39 is 0 Å². The summed E-state index contributed by atoms with van der Waals surface area (Å²) in [5, 5.41) is 3.54. The number of thiophene rings is 1. The quantitative estimate of drug-likeness (QED) is 0.750. The van der Waals surface area contributed by atoms with Gasteiger partial charge in [-0.15, -0.1) is 23.7 Å². The van der Waals surface area contributed by atoms with Gasteiger partial charge >= 0.3 is 5.97 Å². The molecular formula is C20H25ClN2O3S. The SMILES string of the molecule is CCOC(=O)c1c(NC(=O)c2cccc(C)c2)sc2c1CCN(CC)C2.Cl. The number of carbonyl (C=O) groups excluding carboxylic acids is 2. The monoisotopic (exact) mass is 408 g/mol. The number of ether oxygens (including phenoxy) is 1. The molecule has 2 heterocycles. The summed E-state index contributed by atoms with van der Waals surface area (Å²) in [6, 6.07) is 7.42. The smallest absolute Gasteiger partial charge is 0.341 e. The Balaban J connectivity index is 0.00000261. The second kappa shape index (κ2) is 9.35. The van der Waals surface area contributed by atoms with Crippen LogP contribution in [0.3, 0.4) is 0 Å². The predicted octanol–water partition coefficient (Wildman–Crippen LogP) is 4.29. The third-order valence-corrected chi connectivity index (χ3v) is 5.70. The van der Waals surface area contributed by atoms with Crippen molar-refractivity contribution < 1.29 is 14.3 Å². The first-order chi connectivity index (χ1) is 12.5. The molecule has 3 rings (SSSR count). The van der Waals surface area contributed by atoms with Gasteiger partial charge in [-0.3, -0.25) is 9.69 Å². The van der Waals surface area contributed by atoms with Crippen LogP contribution < -0.4 is 5.32 Å². The maximum absolute atomic E-state index is 12.7. The molecule has 0 spiro atoms. The van der Waals surface area contributed by atoms with Gasteiger partial charge in [0.05, 0.1) is 12.2 Å². The lowest BCUT2D eigenvalue weighted by Crippen LogP contribution is -2.30. The van der Waals surface area contributed by atoms with Gasteiger partial charge in [0.15, 0.2) is 0 Å². The lowest BCUT2D eigenvalue weighted by molar-refractivity contribution is 0.0526. The highest BCUT2D eigenvalue weighted by atomic mass is 35.5. The molecule has 27 heavy (non-hydrogen) atoms. The Morgan fingerprint density at radius 1 is 1.30 bits per heavy atom. The van der Waals surface area contributed by atoms with E-state index in [0.717, 1.165) is 42.1 Å². The molecule has 1 amide bonds. The summed E-state index contributed by atoms with van der Waals surface area (Å²) in [6.45, 7) is 8.88. The highest BCUT2D eigenvalue weighted by Crippen LogP contribution is 2.37. The van der Waals surface area contributed by atoms with Crippen molar-refractivity contribution in [1.82, 2.24) is 4.90 Å². The van der Waals surface area contributed by atoms with E-state index in [1.807, 2.05) is 25.1 Å². The maximum Gasteiger partial charge on any atom is 0.341 e. The van der Waals surface area contributed by atoms with Crippen molar-refractivity contribution in [3.05, 3.63) is 51.4 Å². The molecule has 0 aliphatic carbocycles. The number of amides is 1. The third kappa shape index (κ3) is 4.69. The highest BCUT2D eigenvalue weighted by molar-refractivity contribution is 7.17. The van der Waals surface area contributed by atoms with Gasteiger partial charge in [-0.2, -0.15) is 0 Å². The summed E-state index contributed by atoms with van der Waals surface area (Å²) < 4.78 is 5.26. The largest absolute Gasteiger partial charge is 0.462 e. The molecule has 0 saturated carbocycles. The number of carbonyl (C=O) groups is 2. The summed E-state index contributed by atoms with van der Waals surface area (Å²) in [4.78, 5) is 28.7. The molecule has 1 aliphatic heterocycles. The van der Waals surface area contributed by atoms with Gasteiger partial charge in [-0.05, 0) is 44.5 Å². The Kier molecular flexibility index (Phi) is 7.41. The van der Waals surface area contributed by atoms with Crippen molar-refractivity contribution in [2.75, 3.05) is 25.0 Å². The Morgan fingerprint density at radius 3 is 2.74 bits per heavy atom. The fraction of sp³-hybridized carbons (Fsp3) is 0.400. The van der Waals surface area contributed by atoms with Crippen molar-refractivity contribution >= 4 is 40.6 Å². The summed E-state index contributed by atoms with van der Waals surface area (Å²) >= 11 is 1.49. The first kappa shape index (κ1) is 21.4. The van der Waals surface area contributed by atoms with Crippen molar-refractivity contribution in [2.24, 2.45) is 0 Å². The number of nitrogens with one attached hydrogen (secondary N) is 1. The minimum absolute atomic E-state index is 0. The number of likely N-dealkylation sites (N-methyl/N-ethyl adjacent to an activating group) is 1. The zero-order chi connectivity index (χ0) is 18.7. The van der Waals surface area contributed by atoms with Crippen molar-refractivity contribution in [3.63, 3.8) is 0 Å². The zero-order valence-corrected chi connectivity index (χ0v) is 17.5. The molecule has 0 saturated heterocycles.